The van der Waals surface area contributed by atoms with E-state index in [1.54, 1.807) is 0 Å². The minimum Gasteiger partial charge on any atom is -0.236 e. The Morgan fingerprint density at radius 3 is 2.20 bits per heavy atom. The molecule has 0 aromatic rings. The first-order valence-corrected chi connectivity index (χ1v) is 8.63. The molecule has 0 fully saturated rings. The Kier molecular flexibility index (Phi) is 11.5. The highest BCUT2D eigenvalue weighted by molar-refractivity contribution is 4.65. The van der Waals surface area contributed by atoms with Gasteiger partial charge in [0.1, 0.15) is 0 Å². The summed E-state index contributed by atoms with van der Waals surface area (Å²) in [6.07, 6.45) is 9.88. The fraction of sp³-hybridized carbons (Fsp3) is 1.00. The maximum Gasteiger partial charge on any atom is 0.0932 e. The van der Waals surface area contributed by atoms with E-state index in [0.717, 1.165) is 25.9 Å². The van der Waals surface area contributed by atoms with E-state index in [9.17, 15) is 0 Å². The number of hydrogen-bond acceptors (Lipinski definition) is 2. The van der Waals surface area contributed by atoms with Gasteiger partial charge in [0, 0.05) is 0 Å². The molecule has 0 rings (SSSR count). The highest BCUT2D eigenvalue weighted by Crippen LogP contribution is 2.24. The van der Waals surface area contributed by atoms with Crippen LogP contribution in [-0.4, -0.2) is 12.7 Å². The third kappa shape index (κ3) is 14.3. The van der Waals surface area contributed by atoms with E-state index in [2.05, 4.69) is 41.5 Å². The zero-order valence-electron chi connectivity index (χ0n) is 14.8. The van der Waals surface area contributed by atoms with Gasteiger partial charge in [0.25, 0.3) is 0 Å². The third-order valence-electron chi connectivity index (χ3n) is 3.47. The van der Waals surface area contributed by atoms with Crippen LogP contribution >= 0.6 is 0 Å². The summed E-state index contributed by atoms with van der Waals surface area (Å²) >= 11 is 0. The zero-order valence-corrected chi connectivity index (χ0v) is 14.8. The van der Waals surface area contributed by atoms with Crippen LogP contribution in [0, 0.1) is 11.3 Å². The van der Waals surface area contributed by atoms with E-state index in [1.165, 1.54) is 32.1 Å². The fourth-order valence-corrected chi connectivity index (χ4v) is 2.32. The van der Waals surface area contributed by atoms with Gasteiger partial charge < -0.3 is 0 Å². The lowest BCUT2D eigenvalue weighted by atomic mass is 9.88. The molecule has 0 aliphatic heterocycles. The maximum atomic E-state index is 5.65. The summed E-state index contributed by atoms with van der Waals surface area (Å²) in [4.78, 5) is 11.1. The molecule has 0 amide bonds. The lowest BCUT2D eigenvalue weighted by molar-refractivity contribution is -0.328. The SMILES string of the molecule is CCCCCCOOC(CCCC(C)(C)C)CC(C)C. The van der Waals surface area contributed by atoms with Crippen LogP contribution < -0.4 is 0 Å². The zero-order chi connectivity index (χ0) is 15.4. The predicted molar refractivity (Wildman–Crippen MR) is 87.7 cm³/mol. The molecule has 0 radical (unpaired) electrons. The van der Waals surface area contributed by atoms with Crippen molar-refractivity contribution in [3.05, 3.63) is 0 Å². The maximum absolute atomic E-state index is 5.65. The van der Waals surface area contributed by atoms with E-state index < -0.39 is 0 Å². The van der Waals surface area contributed by atoms with Crippen LogP contribution in [0.2, 0.25) is 0 Å². The smallest absolute Gasteiger partial charge is 0.0932 e. The van der Waals surface area contributed by atoms with Gasteiger partial charge in [-0.15, -0.1) is 0 Å². The van der Waals surface area contributed by atoms with Gasteiger partial charge in [-0.1, -0.05) is 67.2 Å². The van der Waals surface area contributed by atoms with Crippen molar-refractivity contribution in [2.45, 2.75) is 99.0 Å². The Morgan fingerprint density at radius 1 is 0.950 bits per heavy atom. The average molecular weight is 286 g/mol. The van der Waals surface area contributed by atoms with Crippen molar-refractivity contribution in [2.24, 2.45) is 11.3 Å². The Balaban J connectivity index is 3.79. The van der Waals surface area contributed by atoms with Crippen molar-refractivity contribution in [2.75, 3.05) is 6.61 Å². The minimum absolute atomic E-state index is 0.267. The molecule has 2 heteroatoms. The Hall–Kier alpha value is -0.0800. The van der Waals surface area contributed by atoms with Crippen molar-refractivity contribution in [1.29, 1.82) is 0 Å². The Bertz CT molecular complexity index is 206. The van der Waals surface area contributed by atoms with Crippen molar-refractivity contribution in [3.8, 4) is 0 Å². The molecule has 0 spiro atoms. The lowest BCUT2D eigenvalue weighted by Crippen LogP contribution is -2.17. The molecule has 0 aliphatic rings. The molecule has 0 saturated carbocycles. The molecule has 122 valence electrons. The van der Waals surface area contributed by atoms with Gasteiger partial charge in [0.05, 0.1) is 12.7 Å². The molecule has 0 N–H and O–H groups in total. The molecule has 0 saturated heterocycles. The quantitative estimate of drug-likeness (QED) is 0.243. The fourth-order valence-electron chi connectivity index (χ4n) is 2.32. The molecular weight excluding hydrogens is 248 g/mol. The van der Waals surface area contributed by atoms with Gasteiger partial charge in [-0.2, -0.15) is 0 Å². The third-order valence-corrected chi connectivity index (χ3v) is 3.47. The van der Waals surface area contributed by atoms with Gasteiger partial charge in [-0.25, -0.2) is 9.78 Å². The van der Waals surface area contributed by atoms with E-state index >= 15 is 0 Å². The lowest BCUT2D eigenvalue weighted by Gasteiger charge is -2.22. The summed E-state index contributed by atoms with van der Waals surface area (Å²) in [5.74, 6) is 0.665. The molecule has 0 aromatic heterocycles. The topological polar surface area (TPSA) is 18.5 Å². The molecule has 0 bridgehead atoms. The van der Waals surface area contributed by atoms with Gasteiger partial charge in [0.2, 0.25) is 0 Å². The van der Waals surface area contributed by atoms with Crippen molar-refractivity contribution in [1.82, 2.24) is 0 Å². The number of rotatable bonds is 12. The van der Waals surface area contributed by atoms with Gasteiger partial charge in [-0.05, 0) is 37.0 Å². The first-order chi connectivity index (χ1) is 9.35. The predicted octanol–water partition coefficient (Wildman–Crippen LogP) is 6.15. The second-order valence-corrected chi connectivity index (χ2v) is 7.68. The summed E-state index contributed by atoms with van der Waals surface area (Å²) in [5, 5.41) is 0. The van der Waals surface area contributed by atoms with Crippen LogP contribution in [0.4, 0.5) is 0 Å². The summed E-state index contributed by atoms with van der Waals surface area (Å²) in [5.41, 5.74) is 0.420. The van der Waals surface area contributed by atoms with Crippen molar-refractivity contribution in [3.63, 3.8) is 0 Å². The molecule has 2 nitrogen and oxygen atoms in total. The van der Waals surface area contributed by atoms with Crippen molar-refractivity contribution < 1.29 is 9.78 Å². The molecule has 1 atom stereocenters. The van der Waals surface area contributed by atoms with Crippen LogP contribution in [0.5, 0.6) is 0 Å². The van der Waals surface area contributed by atoms with Crippen LogP contribution in [0.1, 0.15) is 92.9 Å². The number of hydrogen-bond donors (Lipinski definition) is 0. The Labute approximate surface area is 127 Å². The summed E-state index contributed by atoms with van der Waals surface area (Å²) in [6, 6.07) is 0. The summed E-state index contributed by atoms with van der Waals surface area (Å²) in [7, 11) is 0. The summed E-state index contributed by atoms with van der Waals surface area (Å²) < 4.78 is 0. The molecule has 0 heterocycles. The van der Waals surface area contributed by atoms with E-state index in [4.69, 9.17) is 9.78 Å². The monoisotopic (exact) mass is 286 g/mol. The minimum atomic E-state index is 0.267. The largest absolute Gasteiger partial charge is 0.236 e. The second kappa shape index (κ2) is 11.6. The molecule has 0 aromatic carbocycles. The van der Waals surface area contributed by atoms with Gasteiger partial charge >= 0.3 is 0 Å². The van der Waals surface area contributed by atoms with Crippen LogP contribution in [0.3, 0.4) is 0 Å². The highest BCUT2D eigenvalue weighted by Gasteiger charge is 2.15. The van der Waals surface area contributed by atoms with E-state index in [-0.39, 0.29) is 6.10 Å². The van der Waals surface area contributed by atoms with Crippen LogP contribution in [0.25, 0.3) is 0 Å². The normalized spacial score (nSPS) is 13.9. The van der Waals surface area contributed by atoms with Gasteiger partial charge in [0.15, 0.2) is 0 Å². The standard InChI is InChI=1S/C18H38O2/c1-7-8-9-10-14-19-20-17(15-16(2)3)12-11-13-18(4,5)6/h16-17H,7-15H2,1-6H3. The Morgan fingerprint density at radius 2 is 1.65 bits per heavy atom. The van der Waals surface area contributed by atoms with Gasteiger partial charge in [-0.3, -0.25) is 0 Å². The first-order valence-electron chi connectivity index (χ1n) is 8.63. The molecule has 0 aliphatic carbocycles. The first kappa shape index (κ1) is 19.9. The summed E-state index contributed by atoms with van der Waals surface area (Å²) in [6.45, 7) is 14.4. The number of unbranched alkanes of at least 4 members (excludes halogenated alkanes) is 3. The van der Waals surface area contributed by atoms with Crippen LogP contribution in [0.15, 0.2) is 0 Å². The highest BCUT2D eigenvalue weighted by atomic mass is 17.2. The second-order valence-electron chi connectivity index (χ2n) is 7.68. The molecular formula is C18H38O2. The van der Waals surface area contributed by atoms with Crippen LogP contribution in [-0.2, 0) is 9.78 Å². The molecule has 20 heavy (non-hydrogen) atoms. The van der Waals surface area contributed by atoms with E-state index in [0.29, 0.717) is 11.3 Å². The molecule has 1 unspecified atom stereocenters. The van der Waals surface area contributed by atoms with E-state index in [1.807, 2.05) is 0 Å². The average Bonchev–Trinajstić information content (AvgIpc) is 2.31. The van der Waals surface area contributed by atoms with Crippen molar-refractivity contribution >= 4 is 0 Å².